The predicted molar refractivity (Wildman–Crippen MR) is 95.9 cm³/mol. The molecule has 0 saturated heterocycles. The average Bonchev–Trinajstić information content (AvgIpc) is 2.59. The molecule has 0 spiro atoms. The highest BCUT2D eigenvalue weighted by molar-refractivity contribution is 5.91. The number of carbonyl (C=O) groups excluding carboxylic acids is 2. The smallest absolute Gasteiger partial charge is 0.326 e. The van der Waals surface area contributed by atoms with E-state index in [1.165, 1.54) is 0 Å². The molecule has 0 radical (unpaired) electrons. The lowest BCUT2D eigenvalue weighted by molar-refractivity contribution is -0.143. The fourth-order valence-electron chi connectivity index (χ4n) is 2.07. The zero-order valence-electron chi connectivity index (χ0n) is 15.1. The van der Waals surface area contributed by atoms with E-state index in [1.807, 2.05) is 6.92 Å². The lowest BCUT2D eigenvalue weighted by Gasteiger charge is -2.25. The molecule has 0 aliphatic carbocycles. The van der Waals surface area contributed by atoms with Crippen molar-refractivity contribution in [3.63, 3.8) is 0 Å². The van der Waals surface area contributed by atoms with Gasteiger partial charge in [0, 0.05) is 6.54 Å². The van der Waals surface area contributed by atoms with Crippen molar-refractivity contribution in [2.45, 2.75) is 51.2 Å². The number of nitrogens with two attached hydrogens (primary N) is 3. The van der Waals surface area contributed by atoms with Crippen LogP contribution in [-0.2, 0) is 14.4 Å². The maximum atomic E-state index is 12.5. The number of rotatable bonds is 12. The van der Waals surface area contributed by atoms with Crippen LogP contribution in [0.5, 0.6) is 0 Å². The van der Waals surface area contributed by atoms with Crippen molar-refractivity contribution in [3.05, 3.63) is 0 Å². The predicted octanol–water partition coefficient (Wildman–Crippen LogP) is -2.54. The van der Waals surface area contributed by atoms with Crippen LogP contribution in [0.15, 0.2) is 4.99 Å². The van der Waals surface area contributed by atoms with Gasteiger partial charge in [-0.15, -0.1) is 0 Å². The summed E-state index contributed by atoms with van der Waals surface area (Å²) in [6, 6.07) is -3.30. The lowest BCUT2D eigenvalue weighted by atomic mass is 9.98. The third-order valence-electron chi connectivity index (χ3n) is 3.89. The molecule has 11 heteroatoms. The number of amides is 2. The first kappa shape index (κ1) is 23.6. The zero-order valence-corrected chi connectivity index (χ0v) is 15.1. The molecule has 0 unspecified atom stereocenters. The fourth-order valence-corrected chi connectivity index (χ4v) is 2.07. The van der Waals surface area contributed by atoms with Crippen LogP contribution >= 0.6 is 0 Å². The molecule has 0 bridgehead atoms. The van der Waals surface area contributed by atoms with Gasteiger partial charge in [0.1, 0.15) is 18.1 Å². The van der Waals surface area contributed by atoms with E-state index in [2.05, 4.69) is 15.6 Å². The highest BCUT2D eigenvalue weighted by Crippen LogP contribution is 2.09. The van der Waals surface area contributed by atoms with Crippen molar-refractivity contribution in [1.29, 1.82) is 0 Å². The monoisotopic (exact) mass is 374 g/mol. The van der Waals surface area contributed by atoms with Crippen LogP contribution in [0.4, 0.5) is 0 Å². The van der Waals surface area contributed by atoms with Gasteiger partial charge < -0.3 is 38.0 Å². The molecule has 10 N–H and O–H groups in total. The van der Waals surface area contributed by atoms with Crippen molar-refractivity contribution < 1.29 is 24.6 Å². The first-order valence-electron chi connectivity index (χ1n) is 8.39. The summed E-state index contributed by atoms with van der Waals surface area (Å²) in [4.78, 5) is 39.5. The molecule has 2 amide bonds. The van der Waals surface area contributed by atoms with Crippen LogP contribution in [0.1, 0.15) is 33.1 Å². The summed E-state index contributed by atoms with van der Waals surface area (Å²) >= 11 is 0. The largest absolute Gasteiger partial charge is 0.480 e. The Kier molecular flexibility index (Phi) is 10.9. The molecule has 0 fully saturated rings. The average molecular weight is 374 g/mol. The van der Waals surface area contributed by atoms with Gasteiger partial charge >= 0.3 is 5.97 Å². The third-order valence-corrected chi connectivity index (χ3v) is 3.89. The number of carboxylic acid groups (broad SMARTS) is 1. The Hall–Kier alpha value is -2.40. The van der Waals surface area contributed by atoms with Crippen LogP contribution in [0.2, 0.25) is 0 Å². The standard InChI is InChI=1S/C15H30N6O5/c1-3-8(2)11(14(25)26)21-13(24)10(5-4-6-19-15(17)18)20-12(23)9(16)7-22/h8-11,22H,3-7,16H2,1-2H3,(H,20,23)(H,21,24)(H,25,26)(H4,17,18,19)/t8-,9-,10-,11-/m0/s1. The van der Waals surface area contributed by atoms with Crippen molar-refractivity contribution in [2.24, 2.45) is 28.1 Å². The first-order valence-corrected chi connectivity index (χ1v) is 8.39. The summed E-state index contributed by atoms with van der Waals surface area (Å²) in [6.07, 6.45) is 1.08. The van der Waals surface area contributed by atoms with E-state index in [0.29, 0.717) is 12.8 Å². The molecule has 0 aromatic heterocycles. The normalized spacial score (nSPS) is 15.2. The molecule has 0 aliphatic rings. The Bertz CT molecular complexity index is 509. The summed E-state index contributed by atoms with van der Waals surface area (Å²) in [5.74, 6) is -2.93. The second-order valence-corrected chi connectivity index (χ2v) is 6.01. The number of nitrogens with zero attached hydrogens (tertiary/aromatic N) is 1. The van der Waals surface area contributed by atoms with E-state index in [1.54, 1.807) is 6.92 Å². The number of nitrogens with one attached hydrogen (secondary N) is 2. The number of hydrogen-bond donors (Lipinski definition) is 7. The quantitative estimate of drug-likeness (QED) is 0.110. The summed E-state index contributed by atoms with van der Waals surface area (Å²) in [7, 11) is 0. The van der Waals surface area contributed by atoms with E-state index < -0.39 is 42.5 Å². The SMILES string of the molecule is CC[C@H](C)[C@H](NC(=O)[C@H](CCCN=C(N)N)NC(=O)[C@@H](N)CO)C(=O)O. The topological polar surface area (TPSA) is 206 Å². The zero-order chi connectivity index (χ0) is 20.3. The molecule has 26 heavy (non-hydrogen) atoms. The number of carboxylic acids is 1. The van der Waals surface area contributed by atoms with E-state index in [9.17, 15) is 19.5 Å². The minimum atomic E-state index is -1.19. The van der Waals surface area contributed by atoms with Crippen LogP contribution < -0.4 is 27.8 Å². The molecule has 0 rings (SSSR count). The Balaban J connectivity index is 5.09. The molecule has 11 nitrogen and oxygen atoms in total. The summed E-state index contributed by atoms with van der Waals surface area (Å²) in [6.45, 7) is 3.16. The second kappa shape index (κ2) is 12.0. The van der Waals surface area contributed by atoms with Crippen molar-refractivity contribution >= 4 is 23.7 Å². The highest BCUT2D eigenvalue weighted by atomic mass is 16.4. The Morgan fingerprint density at radius 1 is 1.15 bits per heavy atom. The number of guanidine groups is 1. The summed E-state index contributed by atoms with van der Waals surface area (Å²) in [5, 5.41) is 23.1. The minimum absolute atomic E-state index is 0.0972. The molecule has 0 heterocycles. The van der Waals surface area contributed by atoms with Crippen LogP contribution in [0.3, 0.4) is 0 Å². The molecule has 0 aromatic rings. The van der Waals surface area contributed by atoms with Gasteiger partial charge in [-0.1, -0.05) is 20.3 Å². The van der Waals surface area contributed by atoms with E-state index >= 15 is 0 Å². The van der Waals surface area contributed by atoms with Gasteiger partial charge in [-0.3, -0.25) is 14.6 Å². The van der Waals surface area contributed by atoms with Gasteiger partial charge in [-0.05, 0) is 18.8 Å². The molecular formula is C15H30N6O5. The summed E-state index contributed by atoms with van der Waals surface area (Å²) in [5.41, 5.74) is 15.9. The van der Waals surface area contributed by atoms with Gasteiger partial charge in [0.2, 0.25) is 11.8 Å². The fraction of sp³-hybridized carbons (Fsp3) is 0.733. The number of carbonyl (C=O) groups is 3. The molecule has 0 aliphatic heterocycles. The van der Waals surface area contributed by atoms with Gasteiger partial charge in [0.05, 0.1) is 6.61 Å². The van der Waals surface area contributed by atoms with Gasteiger partial charge in [0.15, 0.2) is 5.96 Å². The molecule has 4 atom stereocenters. The first-order chi connectivity index (χ1) is 12.1. The Morgan fingerprint density at radius 2 is 1.77 bits per heavy atom. The Labute approximate surface area is 152 Å². The van der Waals surface area contributed by atoms with Gasteiger partial charge in [-0.2, -0.15) is 0 Å². The molecular weight excluding hydrogens is 344 g/mol. The van der Waals surface area contributed by atoms with Gasteiger partial charge in [-0.25, -0.2) is 4.79 Å². The van der Waals surface area contributed by atoms with Crippen LogP contribution in [0.25, 0.3) is 0 Å². The number of aliphatic carboxylic acids is 1. The van der Waals surface area contributed by atoms with Crippen molar-refractivity contribution in [1.82, 2.24) is 10.6 Å². The van der Waals surface area contributed by atoms with Crippen LogP contribution in [0, 0.1) is 5.92 Å². The van der Waals surface area contributed by atoms with Crippen molar-refractivity contribution in [3.8, 4) is 0 Å². The summed E-state index contributed by atoms with van der Waals surface area (Å²) < 4.78 is 0. The van der Waals surface area contributed by atoms with E-state index in [4.69, 9.17) is 22.3 Å². The molecule has 0 saturated carbocycles. The number of aliphatic imine (C=N–C) groups is 1. The minimum Gasteiger partial charge on any atom is -0.480 e. The number of aliphatic hydroxyl groups excluding tert-OH is 1. The van der Waals surface area contributed by atoms with Crippen LogP contribution in [-0.4, -0.2) is 65.2 Å². The number of aliphatic hydroxyl groups is 1. The van der Waals surface area contributed by atoms with E-state index in [0.717, 1.165) is 0 Å². The lowest BCUT2D eigenvalue weighted by Crippen LogP contribution is -2.56. The second-order valence-electron chi connectivity index (χ2n) is 6.01. The maximum Gasteiger partial charge on any atom is 0.326 e. The van der Waals surface area contributed by atoms with E-state index in [-0.39, 0.29) is 24.8 Å². The Morgan fingerprint density at radius 3 is 2.23 bits per heavy atom. The molecule has 150 valence electrons. The van der Waals surface area contributed by atoms with Gasteiger partial charge in [0.25, 0.3) is 0 Å². The van der Waals surface area contributed by atoms with Crippen molar-refractivity contribution in [2.75, 3.05) is 13.2 Å². The molecule has 0 aromatic carbocycles. The maximum absolute atomic E-state index is 12.5. The number of hydrogen-bond acceptors (Lipinski definition) is 6. The third kappa shape index (κ3) is 8.62. The highest BCUT2D eigenvalue weighted by Gasteiger charge is 2.30.